The lowest BCUT2D eigenvalue weighted by molar-refractivity contribution is 0.464. The molecule has 1 N–H and O–H groups in total. The molecule has 0 aliphatic heterocycles. The van der Waals surface area contributed by atoms with Gasteiger partial charge in [0.25, 0.3) is 0 Å². The van der Waals surface area contributed by atoms with E-state index >= 15 is 0 Å². The second-order valence-corrected chi connectivity index (χ2v) is 8.01. The quantitative estimate of drug-likeness (QED) is 0.277. The third-order valence-electron chi connectivity index (χ3n) is 5.58. The highest BCUT2D eigenvalue weighted by molar-refractivity contribution is 5.39. The monoisotopic (exact) mass is 360 g/mol. The topological polar surface area (TPSA) is 20.2 Å². The predicted molar refractivity (Wildman–Crippen MR) is 116 cm³/mol. The first-order valence-electron chi connectivity index (χ1n) is 11.6. The Kier molecular flexibility index (Phi) is 14.4. The Morgan fingerprint density at radius 1 is 0.577 bits per heavy atom. The summed E-state index contributed by atoms with van der Waals surface area (Å²) < 4.78 is 0. The maximum absolute atomic E-state index is 10.3. The molecule has 1 aromatic carbocycles. The molecule has 1 heteroatoms. The van der Waals surface area contributed by atoms with Crippen LogP contribution in [0.1, 0.15) is 121 Å². The Morgan fingerprint density at radius 2 is 1.04 bits per heavy atom. The lowest BCUT2D eigenvalue weighted by Gasteiger charge is -2.12. The standard InChI is InChI=1S/C25H44O/c1-3-5-7-9-10-11-12-13-15-16-19-23-20-18-22-25(26)24(23)21-17-14-8-6-4-2/h18,20,22,26H,3-17,19,21H2,1-2H3. The minimum atomic E-state index is 0.519. The van der Waals surface area contributed by atoms with Crippen LogP contribution in [0, 0.1) is 0 Å². The van der Waals surface area contributed by atoms with Crippen LogP contribution in [0.5, 0.6) is 5.75 Å². The average Bonchev–Trinajstić information content (AvgIpc) is 2.64. The molecule has 0 aromatic heterocycles. The Hall–Kier alpha value is -0.980. The highest BCUT2D eigenvalue weighted by Gasteiger charge is 2.07. The van der Waals surface area contributed by atoms with E-state index in [4.69, 9.17) is 0 Å². The molecule has 150 valence electrons. The lowest BCUT2D eigenvalue weighted by Crippen LogP contribution is -1.96. The van der Waals surface area contributed by atoms with Gasteiger partial charge < -0.3 is 5.11 Å². The van der Waals surface area contributed by atoms with Crippen molar-refractivity contribution < 1.29 is 5.11 Å². The minimum absolute atomic E-state index is 0.519. The fraction of sp³-hybridized carbons (Fsp3) is 0.760. The van der Waals surface area contributed by atoms with Crippen molar-refractivity contribution in [3.63, 3.8) is 0 Å². The Morgan fingerprint density at radius 3 is 1.58 bits per heavy atom. The molecule has 0 unspecified atom stereocenters. The van der Waals surface area contributed by atoms with E-state index in [1.165, 1.54) is 107 Å². The van der Waals surface area contributed by atoms with E-state index in [1.807, 2.05) is 12.1 Å². The summed E-state index contributed by atoms with van der Waals surface area (Å²) >= 11 is 0. The Bertz CT molecular complexity index is 438. The van der Waals surface area contributed by atoms with Gasteiger partial charge in [-0.3, -0.25) is 0 Å². The summed E-state index contributed by atoms with van der Waals surface area (Å²) in [5.74, 6) is 0.519. The van der Waals surface area contributed by atoms with E-state index < -0.39 is 0 Å². The molecular weight excluding hydrogens is 316 g/mol. The second kappa shape index (κ2) is 16.2. The minimum Gasteiger partial charge on any atom is -0.508 e. The molecular formula is C25H44O. The van der Waals surface area contributed by atoms with Crippen molar-refractivity contribution in [1.82, 2.24) is 0 Å². The fourth-order valence-corrected chi connectivity index (χ4v) is 3.85. The molecule has 1 aromatic rings. The van der Waals surface area contributed by atoms with Gasteiger partial charge >= 0.3 is 0 Å². The van der Waals surface area contributed by atoms with Gasteiger partial charge in [0, 0.05) is 0 Å². The number of phenols is 1. The van der Waals surface area contributed by atoms with Gasteiger partial charge in [-0.05, 0) is 42.9 Å². The summed E-state index contributed by atoms with van der Waals surface area (Å²) in [7, 11) is 0. The largest absolute Gasteiger partial charge is 0.508 e. The maximum atomic E-state index is 10.3. The van der Waals surface area contributed by atoms with Gasteiger partial charge in [-0.25, -0.2) is 0 Å². The van der Waals surface area contributed by atoms with Crippen LogP contribution in [-0.4, -0.2) is 5.11 Å². The van der Waals surface area contributed by atoms with Gasteiger partial charge in [-0.2, -0.15) is 0 Å². The van der Waals surface area contributed by atoms with Crippen LogP contribution in [0.15, 0.2) is 18.2 Å². The van der Waals surface area contributed by atoms with Gasteiger partial charge in [0.05, 0.1) is 0 Å². The summed E-state index contributed by atoms with van der Waals surface area (Å²) in [5, 5.41) is 10.3. The number of benzene rings is 1. The zero-order chi connectivity index (χ0) is 18.9. The Balaban J connectivity index is 2.18. The molecule has 0 saturated carbocycles. The molecule has 1 nitrogen and oxygen atoms in total. The number of hydrogen-bond acceptors (Lipinski definition) is 1. The maximum Gasteiger partial charge on any atom is 0.119 e. The van der Waals surface area contributed by atoms with E-state index in [-0.39, 0.29) is 0 Å². The zero-order valence-electron chi connectivity index (χ0n) is 17.7. The number of unbranched alkanes of at least 4 members (excludes halogenated alkanes) is 13. The van der Waals surface area contributed by atoms with Crippen LogP contribution in [0.25, 0.3) is 0 Å². The van der Waals surface area contributed by atoms with Gasteiger partial charge in [0.1, 0.15) is 5.75 Å². The van der Waals surface area contributed by atoms with E-state index in [1.54, 1.807) is 0 Å². The summed E-state index contributed by atoms with van der Waals surface area (Å²) in [6.45, 7) is 4.54. The van der Waals surface area contributed by atoms with Gasteiger partial charge in [-0.1, -0.05) is 109 Å². The van der Waals surface area contributed by atoms with E-state index in [2.05, 4.69) is 19.9 Å². The molecule has 0 aliphatic carbocycles. The first kappa shape index (κ1) is 23.1. The summed E-state index contributed by atoms with van der Waals surface area (Å²) in [6.07, 6.45) is 22.5. The highest BCUT2D eigenvalue weighted by atomic mass is 16.3. The normalized spacial score (nSPS) is 11.2. The van der Waals surface area contributed by atoms with Gasteiger partial charge in [0.2, 0.25) is 0 Å². The van der Waals surface area contributed by atoms with Crippen LogP contribution in [0.4, 0.5) is 0 Å². The molecule has 0 atom stereocenters. The Labute approximate surface area is 163 Å². The molecule has 0 heterocycles. The third-order valence-corrected chi connectivity index (χ3v) is 5.58. The van der Waals surface area contributed by atoms with Crippen molar-refractivity contribution in [2.24, 2.45) is 0 Å². The number of aryl methyl sites for hydroxylation is 1. The third kappa shape index (κ3) is 10.9. The SMILES string of the molecule is CCCCCCCCCCCCc1cccc(O)c1CCCCCCC. The van der Waals surface area contributed by atoms with E-state index in [0.717, 1.165) is 12.8 Å². The molecule has 0 radical (unpaired) electrons. The average molecular weight is 361 g/mol. The molecule has 0 bridgehead atoms. The van der Waals surface area contributed by atoms with Crippen molar-refractivity contribution in [1.29, 1.82) is 0 Å². The first-order valence-corrected chi connectivity index (χ1v) is 11.6. The van der Waals surface area contributed by atoms with E-state index in [0.29, 0.717) is 5.75 Å². The summed E-state index contributed by atoms with van der Waals surface area (Å²) in [4.78, 5) is 0. The second-order valence-electron chi connectivity index (χ2n) is 8.01. The van der Waals surface area contributed by atoms with Crippen LogP contribution < -0.4 is 0 Å². The van der Waals surface area contributed by atoms with Crippen LogP contribution in [0.2, 0.25) is 0 Å². The number of aromatic hydroxyl groups is 1. The molecule has 26 heavy (non-hydrogen) atoms. The lowest BCUT2D eigenvalue weighted by atomic mass is 9.95. The first-order chi connectivity index (χ1) is 12.8. The fourth-order valence-electron chi connectivity index (χ4n) is 3.85. The number of rotatable bonds is 17. The van der Waals surface area contributed by atoms with Crippen LogP contribution in [-0.2, 0) is 12.8 Å². The molecule has 0 amide bonds. The van der Waals surface area contributed by atoms with Gasteiger partial charge in [-0.15, -0.1) is 0 Å². The molecule has 0 fully saturated rings. The van der Waals surface area contributed by atoms with Crippen molar-refractivity contribution in [3.05, 3.63) is 29.3 Å². The predicted octanol–water partition coefficient (Wildman–Crippen LogP) is 8.37. The summed E-state index contributed by atoms with van der Waals surface area (Å²) in [5.41, 5.74) is 2.61. The van der Waals surface area contributed by atoms with E-state index in [9.17, 15) is 5.11 Å². The molecule has 0 saturated heterocycles. The molecule has 0 aliphatic rings. The number of phenolic OH excluding ortho intramolecular Hbond substituents is 1. The van der Waals surface area contributed by atoms with Crippen LogP contribution in [0.3, 0.4) is 0 Å². The highest BCUT2D eigenvalue weighted by Crippen LogP contribution is 2.25. The molecule has 0 spiro atoms. The van der Waals surface area contributed by atoms with Crippen molar-refractivity contribution >= 4 is 0 Å². The smallest absolute Gasteiger partial charge is 0.119 e. The number of hydrogen-bond donors (Lipinski definition) is 1. The van der Waals surface area contributed by atoms with Crippen molar-refractivity contribution in [3.8, 4) is 5.75 Å². The summed E-state index contributed by atoms with van der Waals surface area (Å²) in [6, 6.07) is 6.11. The molecule has 1 rings (SSSR count). The zero-order valence-corrected chi connectivity index (χ0v) is 17.7. The van der Waals surface area contributed by atoms with Crippen molar-refractivity contribution in [2.45, 2.75) is 123 Å². The van der Waals surface area contributed by atoms with Gasteiger partial charge in [0.15, 0.2) is 0 Å². The van der Waals surface area contributed by atoms with Crippen molar-refractivity contribution in [2.75, 3.05) is 0 Å². The van der Waals surface area contributed by atoms with Crippen LogP contribution >= 0.6 is 0 Å².